The third kappa shape index (κ3) is 3.24. The molecule has 0 unspecified atom stereocenters. The zero-order valence-electron chi connectivity index (χ0n) is 14.1. The van der Waals surface area contributed by atoms with Crippen molar-refractivity contribution >= 4 is 5.91 Å². The highest BCUT2D eigenvalue weighted by atomic mass is 16.1. The van der Waals surface area contributed by atoms with Gasteiger partial charge in [0.05, 0.1) is 0 Å². The van der Waals surface area contributed by atoms with Crippen LogP contribution in [0.1, 0.15) is 47.2 Å². The molecule has 2 aliphatic carbocycles. The molecular formula is C22H25NO. The fourth-order valence-corrected chi connectivity index (χ4v) is 4.55. The minimum atomic E-state index is 0.121. The summed E-state index contributed by atoms with van der Waals surface area (Å²) in [6.07, 6.45) is 7.04. The summed E-state index contributed by atoms with van der Waals surface area (Å²) in [6, 6.07) is 19.0. The number of aryl methyl sites for hydroxylation is 2. The van der Waals surface area contributed by atoms with Crippen LogP contribution >= 0.6 is 0 Å². The molecule has 2 aromatic rings. The molecule has 0 radical (unpaired) electrons. The number of benzene rings is 2. The lowest BCUT2D eigenvalue weighted by molar-refractivity contribution is 0.0922. The molecule has 0 aliphatic heterocycles. The predicted molar refractivity (Wildman–Crippen MR) is 97.0 cm³/mol. The van der Waals surface area contributed by atoms with Crippen molar-refractivity contribution in [3.8, 4) is 0 Å². The Morgan fingerprint density at radius 3 is 2.46 bits per heavy atom. The zero-order valence-corrected chi connectivity index (χ0v) is 14.1. The molecule has 124 valence electrons. The first-order valence-corrected chi connectivity index (χ1v) is 9.22. The molecule has 1 amide bonds. The van der Waals surface area contributed by atoms with Crippen LogP contribution in [0.2, 0.25) is 0 Å². The number of hydrogen-bond acceptors (Lipinski definition) is 1. The van der Waals surface area contributed by atoms with Gasteiger partial charge in [0.1, 0.15) is 0 Å². The first kappa shape index (κ1) is 15.4. The van der Waals surface area contributed by atoms with Crippen LogP contribution in [0, 0.1) is 11.8 Å². The summed E-state index contributed by atoms with van der Waals surface area (Å²) in [7, 11) is 0. The van der Waals surface area contributed by atoms with Gasteiger partial charge in [0.25, 0.3) is 5.91 Å². The van der Waals surface area contributed by atoms with E-state index in [9.17, 15) is 4.79 Å². The second-order valence-corrected chi connectivity index (χ2v) is 7.40. The Morgan fingerprint density at radius 2 is 1.71 bits per heavy atom. The van der Waals surface area contributed by atoms with Gasteiger partial charge in [0.15, 0.2) is 0 Å². The van der Waals surface area contributed by atoms with Gasteiger partial charge in [0.2, 0.25) is 0 Å². The zero-order chi connectivity index (χ0) is 16.4. The molecule has 4 rings (SSSR count). The lowest BCUT2D eigenvalue weighted by Gasteiger charge is -2.23. The summed E-state index contributed by atoms with van der Waals surface area (Å²) in [4.78, 5) is 12.8. The van der Waals surface area contributed by atoms with Crippen LogP contribution in [0.4, 0.5) is 0 Å². The minimum absolute atomic E-state index is 0.121. The molecule has 0 saturated heterocycles. The fraction of sp³-hybridized carbons (Fsp3) is 0.409. The second-order valence-electron chi connectivity index (χ2n) is 7.40. The largest absolute Gasteiger partial charge is 0.349 e. The van der Waals surface area contributed by atoms with Crippen LogP contribution in [0.3, 0.4) is 0 Å². The highest BCUT2D eigenvalue weighted by molar-refractivity contribution is 5.95. The van der Waals surface area contributed by atoms with E-state index in [1.165, 1.54) is 31.2 Å². The molecule has 24 heavy (non-hydrogen) atoms. The highest BCUT2D eigenvalue weighted by Crippen LogP contribution is 2.44. The van der Waals surface area contributed by atoms with E-state index in [1.807, 2.05) is 24.3 Å². The van der Waals surface area contributed by atoms with Crippen molar-refractivity contribution in [3.05, 3.63) is 71.3 Å². The molecule has 0 spiro atoms. The molecule has 2 bridgehead atoms. The molecule has 0 aromatic heterocycles. The van der Waals surface area contributed by atoms with Gasteiger partial charge in [0, 0.05) is 11.6 Å². The smallest absolute Gasteiger partial charge is 0.251 e. The molecule has 1 N–H and O–H groups in total. The van der Waals surface area contributed by atoms with E-state index in [2.05, 4.69) is 35.6 Å². The van der Waals surface area contributed by atoms with Gasteiger partial charge in [-0.2, -0.15) is 0 Å². The number of fused-ring (bicyclic) bond motifs is 2. The summed E-state index contributed by atoms with van der Waals surface area (Å²) in [5, 5.41) is 3.33. The Bertz CT molecular complexity index is 709. The molecule has 3 atom stereocenters. The van der Waals surface area contributed by atoms with Crippen molar-refractivity contribution in [2.24, 2.45) is 11.8 Å². The van der Waals surface area contributed by atoms with E-state index in [-0.39, 0.29) is 5.91 Å². The van der Waals surface area contributed by atoms with Gasteiger partial charge in [-0.15, -0.1) is 0 Å². The monoisotopic (exact) mass is 319 g/mol. The SMILES string of the molecule is O=C(N[C@H]1C[C@@H]2CC[C@@H]1C2)c1ccccc1CCc1ccccc1. The Kier molecular flexibility index (Phi) is 4.38. The van der Waals surface area contributed by atoms with Crippen molar-refractivity contribution in [1.29, 1.82) is 0 Å². The maximum atomic E-state index is 12.8. The van der Waals surface area contributed by atoms with E-state index in [0.717, 1.165) is 35.8 Å². The number of carbonyl (C=O) groups excluding carboxylic acids is 1. The van der Waals surface area contributed by atoms with Gasteiger partial charge >= 0.3 is 0 Å². The van der Waals surface area contributed by atoms with E-state index in [4.69, 9.17) is 0 Å². The quantitative estimate of drug-likeness (QED) is 0.870. The van der Waals surface area contributed by atoms with E-state index >= 15 is 0 Å². The Morgan fingerprint density at radius 1 is 0.917 bits per heavy atom. The average molecular weight is 319 g/mol. The number of carbonyl (C=O) groups is 1. The standard InChI is InChI=1S/C22H25NO/c24-22(23-21-15-17-11-13-19(21)14-17)20-9-5-4-8-18(20)12-10-16-6-2-1-3-7-16/h1-9,17,19,21H,10-15H2,(H,23,24)/t17-,19-,21+/m1/s1. The predicted octanol–water partition coefficient (Wildman–Crippen LogP) is 4.39. The summed E-state index contributed by atoms with van der Waals surface area (Å²) in [5.74, 6) is 1.69. The maximum absolute atomic E-state index is 12.8. The van der Waals surface area contributed by atoms with Crippen molar-refractivity contribution in [2.45, 2.75) is 44.6 Å². The third-order valence-electron chi connectivity index (χ3n) is 5.84. The van der Waals surface area contributed by atoms with E-state index in [1.54, 1.807) is 0 Å². The molecule has 2 saturated carbocycles. The van der Waals surface area contributed by atoms with Crippen LogP contribution < -0.4 is 5.32 Å². The number of nitrogens with one attached hydrogen (secondary N) is 1. The van der Waals surface area contributed by atoms with Crippen molar-refractivity contribution < 1.29 is 4.79 Å². The number of rotatable bonds is 5. The topological polar surface area (TPSA) is 29.1 Å². The summed E-state index contributed by atoms with van der Waals surface area (Å²) in [5.41, 5.74) is 3.33. The molecule has 2 aliphatic rings. The van der Waals surface area contributed by atoms with Gasteiger partial charge in [-0.3, -0.25) is 4.79 Å². The van der Waals surface area contributed by atoms with Crippen LogP contribution in [-0.4, -0.2) is 11.9 Å². The summed E-state index contributed by atoms with van der Waals surface area (Å²) >= 11 is 0. The molecular weight excluding hydrogens is 294 g/mol. The van der Waals surface area contributed by atoms with E-state index < -0.39 is 0 Å². The Hall–Kier alpha value is -2.09. The van der Waals surface area contributed by atoms with Crippen LogP contribution in [0.5, 0.6) is 0 Å². The molecule has 2 fully saturated rings. The average Bonchev–Trinajstić information content (AvgIpc) is 3.24. The highest BCUT2D eigenvalue weighted by Gasteiger charge is 2.40. The lowest BCUT2D eigenvalue weighted by atomic mass is 9.94. The van der Waals surface area contributed by atoms with Gasteiger partial charge < -0.3 is 5.32 Å². The summed E-state index contributed by atoms with van der Waals surface area (Å²) in [6.45, 7) is 0. The lowest BCUT2D eigenvalue weighted by Crippen LogP contribution is -2.38. The number of amides is 1. The van der Waals surface area contributed by atoms with Crippen molar-refractivity contribution in [2.75, 3.05) is 0 Å². The van der Waals surface area contributed by atoms with Crippen molar-refractivity contribution in [3.63, 3.8) is 0 Å². The third-order valence-corrected chi connectivity index (χ3v) is 5.84. The first-order valence-electron chi connectivity index (χ1n) is 9.22. The maximum Gasteiger partial charge on any atom is 0.251 e. The van der Waals surface area contributed by atoms with E-state index in [0.29, 0.717) is 6.04 Å². The van der Waals surface area contributed by atoms with Gasteiger partial charge in [-0.25, -0.2) is 0 Å². The normalized spacial score (nSPS) is 24.9. The molecule has 0 heterocycles. The van der Waals surface area contributed by atoms with Crippen LogP contribution in [-0.2, 0) is 12.8 Å². The summed E-state index contributed by atoms with van der Waals surface area (Å²) < 4.78 is 0. The molecule has 2 heteroatoms. The van der Waals surface area contributed by atoms with Crippen molar-refractivity contribution in [1.82, 2.24) is 5.32 Å². The Labute approximate surface area is 144 Å². The molecule has 2 aromatic carbocycles. The van der Waals surface area contributed by atoms with Crippen LogP contribution in [0.25, 0.3) is 0 Å². The number of hydrogen-bond donors (Lipinski definition) is 1. The first-order chi connectivity index (χ1) is 11.8. The second kappa shape index (κ2) is 6.80. The minimum Gasteiger partial charge on any atom is -0.349 e. The fourth-order valence-electron chi connectivity index (χ4n) is 4.55. The van der Waals surface area contributed by atoms with Gasteiger partial charge in [-0.1, -0.05) is 55.0 Å². The van der Waals surface area contributed by atoms with Gasteiger partial charge in [-0.05, 0) is 61.1 Å². The Balaban J connectivity index is 1.44. The van der Waals surface area contributed by atoms with Crippen LogP contribution in [0.15, 0.2) is 54.6 Å². The molecule has 2 nitrogen and oxygen atoms in total.